The monoisotopic (exact) mass is 227 g/mol. The zero-order chi connectivity index (χ0) is 12.3. The summed E-state index contributed by atoms with van der Waals surface area (Å²) in [7, 11) is 1.47. The van der Waals surface area contributed by atoms with Gasteiger partial charge in [-0.2, -0.15) is 0 Å². The van der Waals surface area contributed by atoms with Crippen molar-refractivity contribution in [2.24, 2.45) is 0 Å². The minimum atomic E-state index is -2.18. The van der Waals surface area contributed by atoms with Crippen molar-refractivity contribution < 1.29 is 24.2 Å². The van der Waals surface area contributed by atoms with E-state index < -0.39 is 17.5 Å². The van der Waals surface area contributed by atoms with Crippen LogP contribution < -0.4 is 0 Å². The molecule has 1 rings (SSSR count). The van der Waals surface area contributed by atoms with Crippen LogP contribution in [0.15, 0.2) is 5.57 Å². The number of carbonyl (C=O) groups excluding carboxylic acids is 2. The summed E-state index contributed by atoms with van der Waals surface area (Å²) >= 11 is 0. The van der Waals surface area contributed by atoms with E-state index in [1.165, 1.54) is 17.9 Å². The third-order valence-corrected chi connectivity index (χ3v) is 2.56. The van der Waals surface area contributed by atoms with Gasteiger partial charge < -0.3 is 14.7 Å². The molecule has 1 aliphatic rings. The number of likely N-dealkylation sites (N-methyl/N-ethyl adjacent to an activating group) is 1. The van der Waals surface area contributed by atoms with Gasteiger partial charge in [0, 0.05) is 26.6 Å². The maximum absolute atomic E-state index is 11.9. The minimum absolute atomic E-state index is 0.0249. The molecule has 6 heteroatoms. The zero-order valence-electron chi connectivity index (χ0n) is 9.15. The van der Waals surface area contributed by atoms with E-state index in [9.17, 15) is 14.4 Å². The second kappa shape index (κ2) is 4.47. The van der Waals surface area contributed by atoms with E-state index >= 15 is 0 Å². The molecule has 0 bridgehead atoms. The molecule has 0 saturated carbocycles. The number of hydrogen-bond acceptors (Lipinski definition) is 4. The molecule has 1 fully saturated rings. The molecule has 1 atom stereocenters. The molecule has 1 amide bonds. The van der Waals surface area contributed by atoms with E-state index in [1.807, 2.05) is 0 Å². The predicted octanol–water partition coefficient (Wildman–Crippen LogP) is -0.534. The third-order valence-electron chi connectivity index (χ3n) is 2.56. The highest BCUT2D eigenvalue weighted by Gasteiger charge is 2.55. The number of nitrogens with zero attached hydrogens (tertiary/aromatic N) is 1. The number of piperidine rings is 1. The molecule has 0 aromatic heterocycles. The molecule has 6 nitrogen and oxygen atoms in total. The second-order valence-corrected chi connectivity index (χ2v) is 3.48. The molecule has 1 unspecified atom stereocenters. The SMILES string of the molecule is CCOC1(C(=O)O)C(=O)N(C)CCC1=C=O. The van der Waals surface area contributed by atoms with Gasteiger partial charge in [-0.3, -0.25) is 4.79 Å². The lowest BCUT2D eigenvalue weighted by Gasteiger charge is -2.36. The van der Waals surface area contributed by atoms with Gasteiger partial charge in [0.1, 0.15) is 5.94 Å². The summed E-state index contributed by atoms with van der Waals surface area (Å²) in [5, 5.41) is 9.14. The maximum atomic E-state index is 11.9. The first kappa shape index (κ1) is 12.4. The van der Waals surface area contributed by atoms with Gasteiger partial charge in [0.2, 0.25) is 0 Å². The van der Waals surface area contributed by atoms with Crippen LogP contribution in [0.4, 0.5) is 0 Å². The first-order valence-electron chi connectivity index (χ1n) is 4.88. The van der Waals surface area contributed by atoms with Crippen LogP contribution in [0.1, 0.15) is 13.3 Å². The average Bonchev–Trinajstić information content (AvgIpc) is 2.25. The standard InChI is InChI=1S/C10H13NO5/c1-3-16-10(9(14)15)7(6-12)4-5-11(2)8(10)13/h3-5H2,1-2H3,(H,14,15). The Kier molecular flexibility index (Phi) is 3.47. The summed E-state index contributed by atoms with van der Waals surface area (Å²) < 4.78 is 5.03. The summed E-state index contributed by atoms with van der Waals surface area (Å²) in [4.78, 5) is 35.1. The number of carbonyl (C=O) groups is 2. The fourth-order valence-corrected chi connectivity index (χ4v) is 1.73. The molecule has 1 aliphatic heterocycles. The fraction of sp³-hybridized carbons (Fsp3) is 0.600. The van der Waals surface area contributed by atoms with Crippen LogP contribution in [0.25, 0.3) is 0 Å². The van der Waals surface area contributed by atoms with Gasteiger partial charge in [-0.25, -0.2) is 9.59 Å². The molecule has 0 aliphatic carbocycles. The van der Waals surface area contributed by atoms with Crippen molar-refractivity contribution >= 4 is 17.8 Å². The molecular weight excluding hydrogens is 214 g/mol. The summed E-state index contributed by atoms with van der Waals surface area (Å²) in [6.45, 7) is 1.89. The minimum Gasteiger partial charge on any atom is -0.478 e. The van der Waals surface area contributed by atoms with Gasteiger partial charge in [0.25, 0.3) is 11.5 Å². The molecule has 88 valence electrons. The number of likely N-dealkylation sites (tertiary alicyclic amines) is 1. The average molecular weight is 227 g/mol. The fourth-order valence-electron chi connectivity index (χ4n) is 1.73. The predicted molar refractivity (Wildman–Crippen MR) is 53.5 cm³/mol. The Hall–Kier alpha value is -1.65. The number of amides is 1. The van der Waals surface area contributed by atoms with Gasteiger partial charge in [0.15, 0.2) is 0 Å². The molecule has 0 spiro atoms. The van der Waals surface area contributed by atoms with E-state index in [0.717, 1.165) is 0 Å². The van der Waals surface area contributed by atoms with Crippen LogP contribution in [0.3, 0.4) is 0 Å². The second-order valence-electron chi connectivity index (χ2n) is 3.48. The van der Waals surface area contributed by atoms with E-state index in [0.29, 0.717) is 6.54 Å². The topological polar surface area (TPSA) is 83.9 Å². The van der Waals surface area contributed by atoms with Crippen molar-refractivity contribution in [2.45, 2.75) is 18.9 Å². The smallest absolute Gasteiger partial charge is 0.351 e. The number of carboxylic acids is 1. The van der Waals surface area contributed by atoms with E-state index in [1.54, 1.807) is 6.92 Å². The van der Waals surface area contributed by atoms with E-state index in [2.05, 4.69) is 0 Å². The van der Waals surface area contributed by atoms with Gasteiger partial charge in [-0.05, 0) is 6.92 Å². The summed E-state index contributed by atoms with van der Waals surface area (Å²) in [6.07, 6.45) is 0.165. The lowest BCUT2D eigenvalue weighted by molar-refractivity contribution is -0.175. The number of aliphatic carboxylic acids is 1. The lowest BCUT2D eigenvalue weighted by atomic mass is 9.87. The molecule has 1 heterocycles. The number of carboxylic acid groups (broad SMARTS) is 1. The van der Waals surface area contributed by atoms with Gasteiger partial charge in [-0.1, -0.05) is 0 Å². The van der Waals surface area contributed by atoms with Crippen LogP contribution >= 0.6 is 0 Å². The molecular formula is C10H13NO5. The normalized spacial score (nSPS) is 25.5. The van der Waals surface area contributed by atoms with Crippen molar-refractivity contribution in [3.05, 3.63) is 5.57 Å². The molecule has 16 heavy (non-hydrogen) atoms. The molecule has 1 N–H and O–H groups in total. The van der Waals surface area contributed by atoms with Crippen LogP contribution in [-0.4, -0.2) is 53.6 Å². The van der Waals surface area contributed by atoms with Crippen LogP contribution in [0, 0.1) is 0 Å². The highest BCUT2D eigenvalue weighted by molar-refractivity contribution is 6.11. The first-order chi connectivity index (χ1) is 7.50. The summed E-state index contributed by atoms with van der Waals surface area (Å²) in [5.74, 6) is -0.673. The van der Waals surface area contributed by atoms with E-state index in [-0.39, 0.29) is 18.6 Å². The Morgan fingerprint density at radius 1 is 1.69 bits per heavy atom. The number of rotatable bonds is 3. The molecule has 1 saturated heterocycles. The molecule has 0 radical (unpaired) electrons. The number of ether oxygens (including phenoxy) is 1. The van der Waals surface area contributed by atoms with Gasteiger partial charge >= 0.3 is 5.97 Å². The van der Waals surface area contributed by atoms with Crippen LogP contribution in [0.5, 0.6) is 0 Å². The van der Waals surface area contributed by atoms with Crippen molar-refractivity contribution in [1.29, 1.82) is 0 Å². The summed E-state index contributed by atoms with van der Waals surface area (Å²) in [6, 6.07) is 0. The largest absolute Gasteiger partial charge is 0.478 e. The Balaban J connectivity index is 3.31. The molecule has 0 aromatic rings. The quantitative estimate of drug-likeness (QED) is 0.517. The lowest BCUT2D eigenvalue weighted by Crippen LogP contribution is -2.60. The Morgan fingerprint density at radius 3 is 2.75 bits per heavy atom. The van der Waals surface area contributed by atoms with E-state index in [4.69, 9.17) is 9.84 Å². The first-order valence-corrected chi connectivity index (χ1v) is 4.88. The van der Waals surface area contributed by atoms with Crippen molar-refractivity contribution in [3.8, 4) is 0 Å². The zero-order valence-corrected chi connectivity index (χ0v) is 9.15. The Morgan fingerprint density at radius 2 is 2.31 bits per heavy atom. The Labute approximate surface area is 92.5 Å². The van der Waals surface area contributed by atoms with Gasteiger partial charge in [-0.15, -0.1) is 0 Å². The number of hydrogen-bond donors (Lipinski definition) is 1. The van der Waals surface area contributed by atoms with Crippen LogP contribution in [0.2, 0.25) is 0 Å². The van der Waals surface area contributed by atoms with Crippen molar-refractivity contribution in [2.75, 3.05) is 20.2 Å². The Bertz CT molecular complexity index is 371. The van der Waals surface area contributed by atoms with Gasteiger partial charge in [0.05, 0.1) is 5.57 Å². The van der Waals surface area contributed by atoms with Crippen molar-refractivity contribution in [3.63, 3.8) is 0 Å². The molecule has 0 aromatic carbocycles. The third kappa shape index (κ3) is 1.62. The highest BCUT2D eigenvalue weighted by Crippen LogP contribution is 2.30. The summed E-state index contributed by atoms with van der Waals surface area (Å²) in [5.41, 5.74) is -2.33. The van der Waals surface area contributed by atoms with Crippen molar-refractivity contribution in [1.82, 2.24) is 4.90 Å². The van der Waals surface area contributed by atoms with Crippen LogP contribution in [-0.2, 0) is 19.1 Å². The maximum Gasteiger partial charge on any atom is 0.351 e. The highest BCUT2D eigenvalue weighted by atomic mass is 16.5.